The maximum atomic E-state index is 12.4. The SMILES string of the molecule is O=C(CCCC(=O)N1CCN(c2ccc([N+](=O)[O-])cc2)CC1)c1cccs1. The molecule has 0 N–H and O–H groups in total. The summed E-state index contributed by atoms with van der Waals surface area (Å²) in [6.45, 7) is 2.62. The number of thiophene rings is 1. The molecule has 1 aromatic heterocycles. The van der Waals surface area contributed by atoms with Crippen LogP contribution >= 0.6 is 11.3 Å². The number of non-ortho nitro benzene ring substituents is 1. The number of carbonyl (C=O) groups is 2. The fourth-order valence-corrected chi connectivity index (χ4v) is 3.81. The van der Waals surface area contributed by atoms with Crippen molar-refractivity contribution in [1.82, 2.24) is 4.90 Å². The van der Waals surface area contributed by atoms with E-state index in [0.717, 1.165) is 10.6 Å². The van der Waals surface area contributed by atoms with Crippen LogP contribution in [0, 0.1) is 10.1 Å². The average molecular weight is 387 g/mol. The second-order valence-corrected chi connectivity index (χ2v) is 7.34. The lowest BCUT2D eigenvalue weighted by molar-refractivity contribution is -0.384. The minimum absolute atomic E-state index is 0.0738. The molecule has 0 bridgehead atoms. The van der Waals surface area contributed by atoms with Crippen molar-refractivity contribution in [2.75, 3.05) is 31.1 Å². The van der Waals surface area contributed by atoms with Gasteiger partial charge in [0, 0.05) is 56.8 Å². The average Bonchev–Trinajstić information content (AvgIpc) is 3.23. The number of ketones is 1. The van der Waals surface area contributed by atoms with E-state index in [-0.39, 0.29) is 17.4 Å². The molecule has 2 heterocycles. The minimum atomic E-state index is -0.413. The molecule has 0 atom stereocenters. The van der Waals surface area contributed by atoms with Crippen molar-refractivity contribution in [2.24, 2.45) is 0 Å². The molecule has 27 heavy (non-hydrogen) atoms. The van der Waals surface area contributed by atoms with Gasteiger partial charge in [-0.3, -0.25) is 19.7 Å². The van der Waals surface area contributed by atoms with Gasteiger partial charge in [0.25, 0.3) is 5.69 Å². The number of rotatable bonds is 7. The number of piperazine rings is 1. The Morgan fingerprint density at radius 2 is 1.74 bits per heavy atom. The van der Waals surface area contributed by atoms with Gasteiger partial charge in [0.1, 0.15) is 0 Å². The Bertz CT molecular complexity index is 797. The number of nitro groups is 1. The van der Waals surface area contributed by atoms with E-state index in [1.807, 2.05) is 22.4 Å². The number of carbonyl (C=O) groups excluding carboxylic acids is 2. The lowest BCUT2D eigenvalue weighted by atomic mass is 10.1. The van der Waals surface area contributed by atoms with Crippen LogP contribution in [0.1, 0.15) is 28.9 Å². The summed E-state index contributed by atoms with van der Waals surface area (Å²) in [7, 11) is 0. The van der Waals surface area contributed by atoms with Crippen molar-refractivity contribution in [1.29, 1.82) is 0 Å². The number of nitro benzene ring substituents is 1. The van der Waals surface area contributed by atoms with Gasteiger partial charge in [-0.2, -0.15) is 0 Å². The predicted molar refractivity (Wildman–Crippen MR) is 104 cm³/mol. The Balaban J connectivity index is 1.42. The number of amides is 1. The molecule has 1 aliphatic rings. The third kappa shape index (κ3) is 4.91. The normalized spacial score (nSPS) is 14.2. The smallest absolute Gasteiger partial charge is 0.269 e. The Labute approximate surface area is 161 Å². The van der Waals surface area contributed by atoms with Crippen LogP contribution in [0.5, 0.6) is 0 Å². The van der Waals surface area contributed by atoms with Crippen LogP contribution in [0.3, 0.4) is 0 Å². The fraction of sp³-hybridized carbons (Fsp3) is 0.368. The monoisotopic (exact) mass is 387 g/mol. The van der Waals surface area contributed by atoms with Crippen LogP contribution in [-0.2, 0) is 4.79 Å². The van der Waals surface area contributed by atoms with Gasteiger partial charge < -0.3 is 9.80 Å². The van der Waals surface area contributed by atoms with Crippen LogP contribution in [0.4, 0.5) is 11.4 Å². The molecule has 0 spiro atoms. The molecule has 1 saturated heterocycles. The van der Waals surface area contributed by atoms with Crippen LogP contribution in [0.2, 0.25) is 0 Å². The first kappa shape index (κ1) is 19.0. The van der Waals surface area contributed by atoms with Crippen molar-refractivity contribution < 1.29 is 14.5 Å². The molecule has 1 aromatic carbocycles. The van der Waals surface area contributed by atoms with E-state index in [9.17, 15) is 19.7 Å². The molecule has 1 amide bonds. The van der Waals surface area contributed by atoms with Crippen molar-refractivity contribution in [3.63, 3.8) is 0 Å². The van der Waals surface area contributed by atoms with Crippen LogP contribution in [-0.4, -0.2) is 47.7 Å². The molecule has 0 aliphatic carbocycles. The van der Waals surface area contributed by atoms with E-state index < -0.39 is 4.92 Å². The van der Waals surface area contributed by atoms with Crippen LogP contribution < -0.4 is 4.90 Å². The summed E-state index contributed by atoms with van der Waals surface area (Å²) >= 11 is 1.43. The van der Waals surface area contributed by atoms with Gasteiger partial charge >= 0.3 is 0 Å². The number of Topliss-reactive ketones (excluding diaryl/α,β-unsaturated/α-hetero) is 1. The molecule has 8 heteroatoms. The fourth-order valence-electron chi connectivity index (χ4n) is 3.12. The second kappa shape index (κ2) is 8.77. The van der Waals surface area contributed by atoms with E-state index >= 15 is 0 Å². The largest absolute Gasteiger partial charge is 0.368 e. The van der Waals surface area contributed by atoms with Crippen molar-refractivity contribution in [3.05, 3.63) is 56.8 Å². The Hall–Kier alpha value is -2.74. The maximum Gasteiger partial charge on any atom is 0.269 e. The highest BCUT2D eigenvalue weighted by Gasteiger charge is 2.21. The number of benzene rings is 1. The third-order valence-electron chi connectivity index (χ3n) is 4.65. The topological polar surface area (TPSA) is 83.8 Å². The quantitative estimate of drug-likeness (QED) is 0.413. The Morgan fingerprint density at radius 3 is 2.33 bits per heavy atom. The van der Waals surface area contributed by atoms with Crippen LogP contribution in [0.25, 0.3) is 0 Å². The molecule has 2 aromatic rings. The van der Waals surface area contributed by atoms with Gasteiger partial charge in [0.2, 0.25) is 5.91 Å². The molecule has 1 fully saturated rings. The number of hydrogen-bond acceptors (Lipinski definition) is 6. The Kier molecular flexibility index (Phi) is 6.18. The molecule has 142 valence electrons. The van der Waals surface area contributed by atoms with Crippen molar-refractivity contribution >= 4 is 34.4 Å². The van der Waals surface area contributed by atoms with Gasteiger partial charge in [0.05, 0.1) is 9.80 Å². The zero-order valence-corrected chi connectivity index (χ0v) is 15.7. The zero-order valence-electron chi connectivity index (χ0n) is 14.9. The molecule has 1 aliphatic heterocycles. The molecule has 7 nitrogen and oxygen atoms in total. The van der Waals surface area contributed by atoms with E-state index in [4.69, 9.17) is 0 Å². The second-order valence-electron chi connectivity index (χ2n) is 6.40. The van der Waals surface area contributed by atoms with Crippen molar-refractivity contribution in [2.45, 2.75) is 19.3 Å². The summed E-state index contributed by atoms with van der Waals surface area (Å²) in [5.41, 5.74) is 0.999. The van der Waals surface area contributed by atoms with Gasteiger partial charge in [0.15, 0.2) is 5.78 Å². The summed E-state index contributed by atoms with van der Waals surface area (Å²) in [6.07, 6.45) is 1.35. The first-order valence-electron chi connectivity index (χ1n) is 8.88. The molecular formula is C19H21N3O4S. The van der Waals surface area contributed by atoms with Crippen LogP contribution in [0.15, 0.2) is 41.8 Å². The van der Waals surface area contributed by atoms with E-state index in [2.05, 4.69) is 4.90 Å². The summed E-state index contributed by atoms with van der Waals surface area (Å²) < 4.78 is 0. The zero-order chi connectivity index (χ0) is 19.2. The summed E-state index contributed by atoms with van der Waals surface area (Å²) in [5, 5.41) is 12.6. The molecule has 0 saturated carbocycles. The molecular weight excluding hydrogens is 366 g/mol. The third-order valence-corrected chi connectivity index (χ3v) is 5.56. The highest BCUT2D eigenvalue weighted by molar-refractivity contribution is 7.12. The van der Waals surface area contributed by atoms with Gasteiger partial charge in [-0.15, -0.1) is 11.3 Å². The summed E-state index contributed by atoms with van der Waals surface area (Å²) in [5.74, 6) is 0.179. The number of anilines is 1. The number of hydrogen-bond donors (Lipinski definition) is 0. The van der Waals surface area contributed by atoms with Crippen molar-refractivity contribution in [3.8, 4) is 0 Å². The standard InChI is InChI=1S/C19H21N3O4S/c23-17(18-4-2-14-27-18)3-1-5-19(24)21-12-10-20(11-13-21)15-6-8-16(9-7-15)22(25)26/h2,4,6-9,14H,1,3,5,10-13H2. The maximum absolute atomic E-state index is 12.4. The van der Waals surface area contributed by atoms with Gasteiger partial charge in [-0.05, 0) is 30.0 Å². The minimum Gasteiger partial charge on any atom is -0.368 e. The van der Waals surface area contributed by atoms with E-state index in [1.165, 1.54) is 23.5 Å². The highest BCUT2D eigenvalue weighted by Crippen LogP contribution is 2.21. The first-order valence-corrected chi connectivity index (χ1v) is 9.76. The highest BCUT2D eigenvalue weighted by atomic mass is 32.1. The van der Waals surface area contributed by atoms with E-state index in [0.29, 0.717) is 45.4 Å². The van der Waals surface area contributed by atoms with E-state index in [1.54, 1.807) is 12.1 Å². The van der Waals surface area contributed by atoms with Gasteiger partial charge in [-0.25, -0.2) is 0 Å². The molecule has 0 unspecified atom stereocenters. The first-order chi connectivity index (χ1) is 13.0. The van der Waals surface area contributed by atoms with Gasteiger partial charge in [-0.1, -0.05) is 6.07 Å². The summed E-state index contributed by atoms with van der Waals surface area (Å²) in [4.78, 5) is 39.3. The predicted octanol–water partition coefficient (Wildman–Crippen LogP) is 3.36. The summed E-state index contributed by atoms with van der Waals surface area (Å²) in [6, 6.07) is 10.1. The lowest BCUT2D eigenvalue weighted by Gasteiger charge is -2.36. The molecule has 3 rings (SSSR count). The molecule has 0 radical (unpaired) electrons. The Morgan fingerprint density at radius 1 is 1.04 bits per heavy atom. The number of nitrogens with zero attached hydrogens (tertiary/aromatic N) is 3. The lowest BCUT2D eigenvalue weighted by Crippen LogP contribution is -2.48.